The topological polar surface area (TPSA) is 72.3 Å². The highest BCUT2D eigenvalue weighted by molar-refractivity contribution is 5.76. The summed E-state index contributed by atoms with van der Waals surface area (Å²) in [5.41, 5.74) is 0.0998. The number of carbonyl (C=O) groups excluding carboxylic acids is 1. The molecule has 1 aromatic heterocycles. The normalized spacial score (nSPS) is 34.3. The van der Waals surface area contributed by atoms with Crippen LogP contribution in [0, 0.1) is 17.3 Å². The molecule has 0 aromatic carbocycles. The van der Waals surface area contributed by atoms with Crippen LogP contribution in [0.1, 0.15) is 33.1 Å². The molecule has 1 amide bonds. The van der Waals surface area contributed by atoms with Gasteiger partial charge in [0.2, 0.25) is 5.91 Å². The zero-order valence-corrected chi connectivity index (χ0v) is 15.2. The summed E-state index contributed by atoms with van der Waals surface area (Å²) in [7, 11) is 0. The van der Waals surface area contributed by atoms with E-state index in [2.05, 4.69) is 34.1 Å². The summed E-state index contributed by atoms with van der Waals surface area (Å²) >= 11 is 0. The molecule has 25 heavy (non-hydrogen) atoms. The quantitative estimate of drug-likeness (QED) is 0.857. The van der Waals surface area contributed by atoms with E-state index in [-0.39, 0.29) is 23.9 Å². The van der Waals surface area contributed by atoms with E-state index in [1.165, 1.54) is 32.1 Å². The van der Waals surface area contributed by atoms with Crippen molar-refractivity contribution in [3.05, 3.63) is 12.7 Å². The van der Waals surface area contributed by atoms with E-state index >= 15 is 0 Å². The third-order valence-electron chi connectivity index (χ3n) is 6.38. The Hall–Kier alpha value is -1.47. The molecular weight excluding hydrogens is 318 g/mol. The number of piperidine rings is 1. The summed E-state index contributed by atoms with van der Waals surface area (Å²) in [6.45, 7) is 9.00. The highest BCUT2D eigenvalue weighted by atomic mass is 16.5. The second-order valence-corrected chi connectivity index (χ2v) is 8.44. The standard InChI is InChI=1S/C18H29N5O2/c1-18(2)16(21-15(24)9-23-12-19-11-20-23)14-4-3-6-22(17(14)18)8-13-5-7-25-10-13/h11-14,16-17H,3-10H2,1-2H3,(H,21,24). The molecule has 2 aliphatic heterocycles. The molecule has 138 valence electrons. The second kappa shape index (κ2) is 6.68. The van der Waals surface area contributed by atoms with E-state index in [4.69, 9.17) is 4.74 Å². The van der Waals surface area contributed by atoms with Gasteiger partial charge in [0.15, 0.2) is 0 Å². The van der Waals surface area contributed by atoms with Gasteiger partial charge in [-0.3, -0.25) is 9.69 Å². The van der Waals surface area contributed by atoms with Crippen molar-refractivity contribution in [2.75, 3.05) is 26.3 Å². The first-order valence-electron chi connectivity index (χ1n) is 9.49. The molecule has 1 aliphatic carbocycles. The molecule has 1 N–H and O–H groups in total. The fourth-order valence-electron chi connectivity index (χ4n) is 5.32. The first-order chi connectivity index (χ1) is 12.1. The fourth-order valence-corrected chi connectivity index (χ4v) is 5.32. The molecule has 4 rings (SSSR count). The van der Waals surface area contributed by atoms with Crippen LogP contribution in [0.2, 0.25) is 0 Å². The number of fused-ring (bicyclic) bond motifs is 1. The number of likely N-dealkylation sites (tertiary alicyclic amines) is 1. The van der Waals surface area contributed by atoms with Gasteiger partial charge < -0.3 is 10.1 Å². The van der Waals surface area contributed by atoms with Gasteiger partial charge >= 0.3 is 0 Å². The number of hydrogen-bond donors (Lipinski definition) is 1. The Morgan fingerprint density at radius 1 is 1.40 bits per heavy atom. The predicted octanol–water partition coefficient (Wildman–Crippen LogP) is 0.920. The molecule has 1 aromatic rings. The minimum atomic E-state index is 0.0309. The lowest BCUT2D eigenvalue weighted by molar-refractivity contribution is -0.144. The number of amides is 1. The van der Waals surface area contributed by atoms with Crippen LogP contribution in [0.25, 0.3) is 0 Å². The number of nitrogens with one attached hydrogen (secondary N) is 1. The summed E-state index contributed by atoms with van der Waals surface area (Å²) in [6, 6.07) is 0.815. The minimum absolute atomic E-state index is 0.0309. The number of hydrogen-bond acceptors (Lipinski definition) is 5. The number of aromatic nitrogens is 3. The molecule has 1 saturated carbocycles. The largest absolute Gasteiger partial charge is 0.381 e. The highest BCUT2D eigenvalue weighted by Gasteiger charge is 2.59. The summed E-state index contributed by atoms with van der Waals surface area (Å²) in [6.07, 6.45) is 6.66. The molecule has 3 aliphatic rings. The maximum Gasteiger partial charge on any atom is 0.242 e. The van der Waals surface area contributed by atoms with Gasteiger partial charge in [-0.25, -0.2) is 9.67 Å². The van der Waals surface area contributed by atoms with Crippen LogP contribution in [-0.2, 0) is 16.1 Å². The van der Waals surface area contributed by atoms with Gasteiger partial charge in [-0.1, -0.05) is 13.8 Å². The van der Waals surface area contributed by atoms with Gasteiger partial charge in [-0.05, 0) is 37.6 Å². The molecule has 0 spiro atoms. The van der Waals surface area contributed by atoms with Crippen LogP contribution < -0.4 is 5.32 Å². The Kier molecular flexibility index (Phi) is 4.54. The summed E-state index contributed by atoms with van der Waals surface area (Å²) in [5.74, 6) is 1.27. The van der Waals surface area contributed by atoms with Crippen molar-refractivity contribution in [2.24, 2.45) is 17.3 Å². The number of nitrogens with zero attached hydrogens (tertiary/aromatic N) is 4. The molecule has 3 fully saturated rings. The van der Waals surface area contributed by atoms with E-state index in [0.29, 0.717) is 17.9 Å². The third-order valence-corrected chi connectivity index (χ3v) is 6.38. The zero-order chi connectivity index (χ0) is 17.4. The second-order valence-electron chi connectivity index (χ2n) is 8.44. The zero-order valence-electron chi connectivity index (χ0n) is 15.2. The number of ether oxygens (including phenoxy) is 1. The van der Waals surface area contributed by atoms with E-state index in [1.54, 1.807) is 11.0 Å². The lowest BCUT2D eigenvalue weighted by Crippen LogP contribution is -2.75. The van der Waals surface area contributed by atoms with Crippen molar-refractivity contribution in [1.82, 2.24) is 25.0 Å². The van der Waals surface area contributed by atoms with Gasteiger partial charge in [0, 0.05) is 30.7 Å². The van der Waals surface area contributed by atoms with Crippen LogP contribution in [0.3, 0.4) is 0 Å². The highest BCUT2D eigenvalue weighted by Crippen LogP contribution is 2.52. The molecular formula is C18H29N5O2. The van der Waals surface area contributed by atoms with Crippen molar-refractivity contribution < 1.29 is 9.53 Å². The van der Waals surface area contributed by atoms with E-state index < -0.39 is 0 Å². The lowest BCUT2D eigenvalue weighted by atomic mass is 9.52. The molecule has 4 atom stereocenters. The van der Waals surface area contributed by atoms with Gasteiger partial charge in [0.1, 0.15) is 19.2 Å². The molecule has 0 radical (unpaired) electrons. The minimum Gasteiger partial charge on any atom is -0.381 e. The maximum absolute atomic E-state index is 12.4. The van der Waals surface area contributed by atoms with Gasteiger partial charge in [0.25, 0.3) is 0 Å². The summed E-state index contributed by atoms with van der Waals surface area (Å²) in [5, 5.41) is 7.30. The monoisotopic (exact) mass is 347 g/mol. The van der Waals surface area contributed by atoms with Crippen LogP contribution in [-0.4, -0.2) is 64.0 Å². The van der Waals surface area contributed by atoms with Crippen molar-refractivity contribution in [3.8, 4) is 0 Å². The van der Waals surface area contributed by atoms with E-state index in [0.717, 1.165) is 19.8 Å². The van der Waals surface area contributed by atoms with Gasteiger partial charge in [-0.2, -0.15) is 5.10 Å². The fraction of sp³-hybridized carbons (Fsp3) is 0.833. The molecule has 3 heterocycles. The Morgan fingerprint density at radius 3 is 3.00 bits per heavy atom. The Morgan fingerprint density at radius 2 is 2.28 bits per heavy atom. The molecule has 7 nitrogen and oxygen atoms in total. The smallest absolute Gasteiger partial charge is 0.242 e. The third kappa shape index (κ3) is 3.19. The Balaban J connectivity index is 1.38. The average molecular weight is 347 g/mol. The van der Waals surface area contributed by atoms with Crippen LogP contribution in [0.15, 0.2) is 12.7 Å². The molecule has 7 heteroatoms. The number of carbonyl (C=O) groups is 1. The first kappa shape index (κ1) is 17.0. The van der Waals surface area contributed by atoms with Crippen LogP contribution in [0.5, 0.6) is 0 Å². The Labute approximate surface area is 149 Å². The maximum atomic E-state index is 12.4. The average Bonchev–Trinajstić information content (AvgIpc) is 3.26. The lowest BCUT2D eigenvalue weighted by Gasteiger charge is -2.64. The predicted molar refractivity (Wildman–Crippen MR) is 92.7 cm³/mol. The first-order valence-corrected chi connectivity index (χ1v) is 9.49. The SMILES string of the molecule is CC1(C)C(NC(=O)Cn2cncn2)C2CCCN(CC3CCOC3)C21. The summed E-state index contributed by atoms with van der Waals surface area (Å²) < 4.78 is 7.13. The number of rotatable bonds is 5. The van der Waals surface area contributed by atoms with E-state index in [1.807, 2.05) is 0 Å². The van der Waals surface area contributed by atoms with Crippen molar-refractivity contribution in [2.45, 2.75) is 51.7 Å². The van der Waals surface area contributed by atoms with Gasteiger partial charge in [0.05, 0.1) is 6.61 Å². The molecule has 4 unspecified atom stereocenters. The molecule has 0 bridgehead atoms. The van der Waals surface area contributed by atoms with Crippen molar-refractivity contribution >= 4 is 5.91 Å². The Bertz CT molecular complexity index is 597. The van der Waals surface area contributed by atoms with E-state index in [9.17, 15) is 4.79 Å². The van der Waals surface area contributed by atoms with Crippen molar-refractivity contribution in [1.29, 1.82) is 0 Å². The van der Waals surface area contributed by atoms with Crippen LogP contribution >= 0.6 is 0 Å². The summed E-state index contributed by atoms with van der Waals surface area (Å²) in [4.78, 5) is 19.0. The van der Waals surface area contributed by atoms with Crippen LogP contribution in [0.4, 0.5) is 0 Å². The van der Waals surface area contributed by atoms with Crippen molar-refractivity contribution in [3.63, 3.8) is 0 Å². The van der Waals surface area contributed by atoms with Gasteiger partial charge in [-0.15, -0.1) is 0 Å². The molecule has 2 saturated heterocycles.